The fourth-order valence-electron chi connectivity index (χ4n) is 0.704. The van der Waals surface area contributed by atoms with Crippen LogP contribution in [0.5, 0.6) is 0 Å². The van der Waals surface area contributed by atoms with Gasteiger partial charge in [0, 0.05) is 0 Å². The molecule has 0 bridgehead atoms. The molecule has 0 saturated heterocycles. The van der Waals surface area contributed by atoms with E-state index in [0.29, 0.717) is 11.5 Å². The van der Waals surface area contributed by atoms with E-state index in [-0.39, 0.29) is 0 Å². The van der Waals surface area contributed by atoms with Crippen LogP contribution in [0.3, 0.4) is 0 Å². The van der Waals surface area contributed by atoms with E-state index >= 15 is 0 Å². The second-order valence-corrected chi connectivity index (χ2v) is 1.76. The number of rotatable bonds is 0. The first kappa shape index (κ1) is 5.22. The molecule has 0 amide bonds. The van der Waals surface area contributed by atoms with Crippen molar-refractivity contribution in [3.05, 3.63) is 24.9 Å². The van der Waals surface area contributed by atoms with Crippen LogP contribution in [-0.4, -0.2) is 10.2 Å². The van der Waals surface area contributed by atoms with E-state index in [2.05, 4.69) is 16.5 Å². The van der Waals surface area contributed by atoms with Crippen molar-refractivity contribution in [3.8, 4) is 11.5 Å². The summed E-state index contributed by atoms with van der Waals surface area (Å²) in [6.45, 7) is 0. The van der Waals surface area contributed by atoms with Crippen molar-refractivity contribution in [2.75, 3.05) is 0 Å². The smallest absolute Gasteiger partial charge is 0.208 e. The van der Waals surface area contributed by atoms with Crippen LogP contribution in [0, 0.1) is 6.26 Å². The standard InChI is InChI=1S/C6H5N2O2/c1-2-10-6-4-8-7-3-5(6)9-1/h1,3-4,7-8H. The summed E-state index contributed by atoms with van der Waals surface area (Å²) in [5.41, 5.74) is 0. The van der Waals surface area contributed by atoms with Crippen LogP contribution in [0.15, 0.2) is 27.5 Å². The maximum atomic E-state index is 5.01. The van der Waals surface area contributed by atoms with Gasteiger partial charge in [0.2, 0.25) is 6.26 Å². The lowest BCUT2D eigenvalue weighted by atomic mass is 10.4. The van der Waals surface area contributed by atoms with Crippen molar-refractivity contribution >= 4 is 0 Å². The van der Waals surface area contributed by atoms with E-state index < -0.39 is 0 Å². The minimum atomic E-state index is 0.626. The quantitative estimate of drug-likeness (QED) is 0.578. The Balaban J connectivity index is 2.77. The predicted molar refractivity (Wildman–Crippen MR) is 32.8 cm³/mol. The van der Waals surface area contributed by atoms with Crippen LogP contribution in [0.1, 0.15) is 0 Å². The number of nitrogens with one attached hydrogen (secondary N) is 2. The highest BCUT2D eigenvalue weighted by molar-refractivity contribution is 5.45. The summed E-state index contributed by atoms with van der Waals surface area (Å²) in [6.07, 6.45) is 7.12. The average Bonchev–Trinajstić information content (AvgIpc) is 2.05. The minimum Gasteiger partial charge on any atom is -0.455 e. The molecule has 2 aliphatic rings. The molecule has 0 spiro atoms. The van der Waals surface area contributed by atoms with Gasteiger partial charge in [-0.25, -0.2) is 0 Å². The molecule has 2 aliphatic heterocycles. The third kappa shape index (κ3) is 0.699. The molecule has 0 aromatic heterocycles. The van der Waals surface area contributed by atoms with Crippen molar-refractivity contribution in [1.82, 2.24) is 10.2 Å². The molecule has 1 radical (unpaired) electrons. The normalized spacial score (nSPS) is 10.0. The fraction of sp³-hybridized carbons (Fsp3) is 0. The Morgan fingerprint density at radius 3 is 2.80 bits per heavy atom. The zero-order valence-electron chi connectivity index (χ0n) is 5.05. The lowest BCUT2D eigenvalue weighted by Gasteiger charge is -1.98. The van der Waals surface area contributed by atoms with Crippen molar-refractivity contribution in [1.29, 1.82) is 0 Å². The van der Waals surface area contributed by atoms with E-state index in [1.54, 1.807) is 12.4 Å². The number of hydrogen-bond acceptors (Lipinski definition) is 2. The van der Waals surface area contributed by atoms with E-state index in [1.165, 1.54) is 6.26 Å². The molecule has 0 fully saturated rings. The topological polar surface area (TPSA) is 57.9 Å². The summed E-state index contributed by atoms with van der Waals surface area (Å²) in [7, 11) is 0. The summed E-state index contributed by atoms with van der Waals surface area (Å²) in [5, 5.41) is 5.48. The predicted octanol–water partition coefficient (Wildman–Crippen LogP) is 1.56. The van der Waals surface area contributed by atoms with Gasteiger partial charge >= 0.3 is 0 Å². The van der Waals surface area contributed by atoms with Gasteiger partial charge in [-0.05, 0) is 0 Å². The maximum absolute atomic E-state index is 5.01. The molecule has 0 atom stereocenters. The molecular formula is C6H5N2O2. The first-order valence-electron chi connectivity index (χ1n) is 2.79. The van der Waals surface area contributed by atoms with E-state index in [9.17, 15) is 0 Å². The maximum Gasteiger partial charge on any atom is 0.208 e. The number of fused-ring (bicyclic) bond motifs is 1. The second kappa shape index (κ2) is 1.98. The first-order chi connectivity index (χ1) is 4.97. The number of hydrogen-bond donors (Lipinski definition) is 2. The van der Waals surface area contributed by atoms with E-state index in [4.69, 9.17) is 8.83 Å². The van der Waals surface area contributed by atoms with Gasteiger partial charge in [-0.2, -0.15) is 0 Å². The largest absolute Gasteiger partial charge is 0.455 e. The van der Waals surface area contributed by atoms with Crippen LogP contribution in [0.25, 0.3) is 11.5 Å². The van der Waals surface area contributed by atoms with Crippen molar-refractivity contribution in [2.24, 2.45) is 0 Å². The van der Waals surface area contributed by atoms with Gasteiger partial charge in [-0.15, -0.1) is 0 Å². The second-order valence-electron chi connectivity index (χ2n) is 1.76. The highest BCUT2D eigenvalue weighted by atomic mass is 16.4. The highest BCUT2D eigenvalue weighted by Gasteiger charge is 2.01. The summed E-state index contributed by atoms with van der Waals surface area (Å²) in [5.74, 6) is 1.28. The molecule has 0 aromatic carbocycles. The third-order valence-corrected chi connectivity index (χ3v) is 1.14. The van der Waals surface area contributed by atoms with Crippen molar-refractivity contribution in [2.45, 2.75) is 0 Å². The molecule has 4 heteroatoms. The Morgan fingerprint density at radius 1 is 1.20 bits per heavy atom. The molecule has 10 heavy (non-hydrogen) atoms. The van der Waals surface area contributed by atoms with Gasteiger partial charge in [-0.1, -0.05) is 0 Å². The Labute approximate surface area is 56.5 Å². The molecule has 0 saturated carbocycles. The molecule has 2 heterocycles. The lowest BCUT2D eigenvalue weighted by molar-refractivity contribution is 0.444. The van der Waals surface area contributed by atoms with Crippen LogP contribution < -0.4 is 0 Å². The molecule has 2 rings (SSSR count). The molecule has 4 nitrogen and oxygen atoms in total. The summed E-state index contributed by atoms with van der Waals surface area (Å²) < 4.78 is 9.95. The molecule has 2 N–H and O–H groups in total. The van der Waals surface area contributed by atoms with Gasteiger partial charge in [0.1, 0.15) is 6.26 Å². The lowest BCUT2D eigenvalue weighted by Crippen LogP contribution is -1.84. The van der Waals surface area contributed by atoms with Gasteiger partial charge in [0.25, 0.3) is 0 Å². The van der Waals surface area contributed by atoms with Crippen molar-refractivity contribution < 1.29 is 8.83 Å². The summed E-state index contributed by atoms with van der Waals surface area (Å²) in [4.78, 5) is 0. The van der Waals surface area contributed by atoms with Crippen molar-refractivity contribution in [3.63, 3.8) is 0 Å². The number of aromatic nitrogens is 2. The first-order valence-corrected chi connectivity index (χ1v) is 2.79. The van der Waals surface area contributed by atoms with Gasteiger partial charge in [-0.3, -0.25) is 0 Å². The minimum absolute atomic E-state index is 0.626. The Kier molecular flexibility index (Phi) is 1.04. The SMILES string of the molecule is [c]1coc2c[nH][nH]cc-2o1. The van der Waals surface area contributed by atoms with Crippen LogP contribution in [0.4, 0.5) is 0 Å². The van der Waals surface area contributed by atoms with Gasteiger partial charge in [0.05, 0.1) is 12.4 Å². The zero-order valence-corrected chi connectivity index (χ0v) is 5.05. The van der Waals surface area contributed by atoms with Crippen LogP contribution in [-0.2, 0) is 0 Å². The molecule has 0 unspecified atom stereocenters. The average molecular weight is 137 g/mol. The Morgan fingerprint density at radius 2 is 2.00 bits per heavy atom. The number of H-pyrrole nitrogens is 2. The van der Waals surface area contributed by atoms with E-state index in [0.717, 1.165) is 0 Å². The summed E-state index contributed by atoms with van der Waals surface area (Å²) >= 11 is 0. The third-order valence-electron chi connectivity index (χ3n) is 1.14. The molecule has 51 valence electrons. The van der Waals surface area contributed by atoms with Crippen LogP contribution in [0.2, 0.25) is 0 Å². The zero-order chi connectivity index (χ0) is 6.81. The Bertz CT molecular complexity index is 253. The van der Waals surface area contributed by atoms with Crippen LogP contribution >= 0.6 is 0 Å². The molecule has 0 aromatic rings. The Hall–Kier alpha value is -1.58. The molecule has 0 aliphatic carbocycles. The van der Waals surface area contributed by atoms with Gasteiger partial charge in [0.15, 0.2) is 11.5 Å². The fourth-order valence-corrected chi connectivity index (χ4v) is 0.704. The molecular weight excluding hydrogens is 132 g/mol. The monoisotopic (exact) mass is 137 g/mol. The highest BCUT2D eigenvalue weighted by Crippen LogP contribution is 2.16. The summed E-state index contributed by atoms with van der Waals surface area (Å²) in [6, 6.07) is 0. The van der Waals surface area contributed by atoms with Gasteiger partial charge < -0.3 is 19.0 Å². The number of aromatic amines is 2. The van der Waals surface area contributed by atoms with E-state index in [1.807, 2.05) is 0 Å².